The number of pyridine rings is 1. The average Bonchev–Trinajstić information content (AvgIpc) is 2.82. The molecule has 0 bridgehead atoms. The highest BCUT2D eigenvalue weighted by molar-refractivity contribution is 6.05. The van der Waals surface area contributed by atoms with Crippen LogP contribution in [0.15, 0.2) is 54.6 Å². The minimum Gasteiger partial charge on any atom is -0.399 e. The molecule has 21 heavy (non-hydrogen) atoms. The first-order valence-electron chi connectivity index (χ1n) is 6.78. The van der Waals surface area contributed by atoms with Gasteiger partial charge in [0.05, 0.1) is 11.2 Å². The molecule has 0 aliphatic carbocycles. The lowest BCUT2D eigenvalue weighted by Crippen LogP contribution is -2.14. The maximum absolute atomic E-state index is 12.3. The van der Waals surface area contributed by atoms with Gasteiger partial charge in [-0.25, -0.2) is 0 Å². The molecule has 1 aromatic heterocycles. The maximum atomic E-state index is 12.3. The van der Waals surface area contributed by atoms with E-state index in [2.05, 4.69) is 10.3 Å². The number of para-hydroxylation sites is 1. The zero-order chi connectivity index (χ0) is 14.4. The van der Waals surface area contributed by atoms with E-state index in [4.69, 9.17) is 5.73 Å². The van der Waals surface area contributed by atoms with Crippen molar-refractivity contribution < 1.29 is 4.79 Å². The molecule has 4 rings (SSSR count). The first kappa shape index (κ1) is 11.9. The van der Waals surface area contributed by atoms with Gasteiger partial charge in [0.1, 0.15) is 5.92 Å². The lowest BCUT2D eigenvalue weighted by atomic mass is 9.95. The zero-order valence-corrected chi connectivity index (χ0v) is 11.2. The molecule has 3 N–H and O–H groups in total. The Balaban J connectivity index is 1.89. The van der Waals surface area contributed by atoms with Gasteiger partial charge in [-0.2, -0.15) is 0 Å². The lowest BCUT2D eigenvalue weighted by molar-refractivity contribution is -0.116. The van der Waals surface area contributed by atoms with Crippen molar-refractivity contribution in [3.8, 4) is 0 Å². The quantitative estimate of drug-likeness (QED) is 0.671. The minimum absolute atomic E-state index is 0.0571. The minimum atomic E-state index is -0.395. The number of nitrogens with two attached hydrogens (primary N) is 1. The molecule has 1 aliphatic rings. The number of rotatable bonds is 1. The van der Waals surface area contributed by atoms with Crippen LogP contribution >= 0.6 is 0 Å². The van der Waals surface area contributed by atoms with Gasteiger partial charge in [-0.05, 0) is 35.9 Å². The molecule has 2 heterocycles. The molecule has 1 aliphatic heterocycles. The van der Waals surface area contributed by atoms with Crippen LogP contribution in [0.2, 0.25) is 0 Å². The second-order valence-corrected chi connectivity index (χ2v) is 5.20. The first-order chi connectivity index (χ1) is 10.2. The van der Waals surface area contributed by atoms with E-state index >= 15 is 0 Å². The largest absolute Gasteiger partial charge is 0.399 e. The van der Waals surface area contributed by atoms with Gasteiger partial charge in [0, 0.05) is 16.8 Å². The molecule has 4 heteroatoms. The van der Waals surface area contributed by atoms with Crippen LogP contribution < -0.4 is 11.1 Å². The lowest BCUT2D eigenvalue weighted by Gasteiger charge is -2.10. The molecular formula is C17H13N3O. The summed E-state index contributed by atoms with van der Waals surface area (Å²) in [6.07, 6.45) is 0. The monoisotopic (exact) mass is 275 g/mol. The third-order valence-corrected chi connectivity index (χ3v) is 3.82. The van der Waals surface area contributed by atoms with E-state index in [1.807, 2.05) is 48.5 Å². The molecular weight excluding hydrogens is 262 g/mol. The van der Waals surface area contributed by atoms with Gasteiger partial charge >= 0.3 is 0 Å². The van der Waals surface area contributed by atoms with E-state index in [1.165, 1.54) is 0 Å². The Labute approximate surface area is 121 Å². The molecule has 4 nitrogen and oxygen atoms in total. The molecule has 1 amide bonds. The number of amides is 1. The summed E-state index contributed by atoms with van der Waals surface area (Å²) in [5.41, 5.74) is 9.84. The second kappa shape index (κ2) is 4.31. The third-order valence-electron chi connectivity index (χ3n) is 3.82. The zero-order valence-electron chi connectivity index (χ0n) is 11.2. The van der Waals surface area contributed by atoms with E-state index in [0.29, 0.717) is 5.69 Å². The molecule has 0 radical (unpaired) electrons. The SMILES string of the molecule is Nc1ccc2c(c1)C(c1ccc3ccccc3n1)C(=O)N2. The Morgan fingerprint density at radius 3 is 2.81 bits per heavy atom. The van der Waals surface area contributed by atoms with Crippen molar-refractivity contribution in [1.29, 1.82) is 0 Å². The summed E-state index contributed by atoms with van der Waals surface area (Å²) in [7, 11) is 0. The van der Waals surface area contributed by atoms with Crippen LogP contribution in [0.5, 0.6) is 0 Å². The summed E-state index contributed by atoms with van der Waals surface area (Å²) >= 11 is 0. The molecule has 0 spiro atoms. The smallest absolute Gasteiger partial charge is 0.238 e. The molecule has 1 unspecified atom stereocenters. The maximum Gasteiger partial charge on any atom is 0.238 e. The predicted molar refractivity (Wildman–Crippen MR) is 83.1 cm³/mol. The number of nitrogen functional groups attached to an aromatic ring is 1. The van der Waals surface area contributed by atoms with Gasteiger partial charge in [0.25, 0.3) is 0 Å². The first-order valence-corrected chi connectivity index (χ1v) is 6.78. The molecule has 2 aromatic carbocycles. The van der Waals surface area contributed by atoms with E-state index in [-0.39, 0.29) is 5.91 Å². The number of nitrogens with zero attached hydrogens (tertiary/aromatic N) is 1. The number of aromatic nitrogens is 1. The summed E-state index contributed by atoms with van der Waals surface area (Å²) in [6.45, 7) is 0. The van der Waals surface area contributed by atoms with E-state index in [1.54, 1.807) is 6.07 Å². The molecule has 0 fully saturated rings. The normalized spacial score (nSPS) is 16.8. The topological polar surface area (TPSA) is 68.0 Å². The van der Waals surface area contributed by atoms with Gasteiger partial charge in [-0.1, -0.05) is 24.3 Å². The fourth-order valence-electron chi connectivity index (χ4n) is 2.82. The number of hydrogen-bond donors (Lipinski definition) is 2. The van der Waals surface area contributed by atoms with Crippen LogP contribution in [0.3, 0.4) is 0 Å². The number of carbonyl (C=O) groups is 1. The van der Waals surface area contributed by atoms with Gasteiger partial charge in [-0.15, -0.1) is 0 Å². The Morgan fingerprint density at radius 2 is 1.90 bits per heavy atom. The molecule has 0 saturated carbocycles. The van der Waals surface area contributed by atoms with Crippen LogP contribution in [0.4, 0.5) is 11.4 Å². The van der Waals surface area contributed by atoms with E-state index in [0.717, 1.165) is 27.8 Å². The molecule has 102 valence electrons. The van der Waals surface area contributed by atoms with Crippen molar-refractivity contribution >= 4 is 28.2 Å². The molecule has 0 saturated heterocycles. The highest BCUT2D eigenvalue weighted by atomic mass is 16.2. The van der Waals surface area contributed by atoms with Crippen molar-refractivity contribution in [3.63, 3.8) is 0 Å². The van der Waals surface area contributed by atoms with Gasteiger partial charge in [0.15, 0.2) is 0 Å². The number of hydrogen-bond acceptors (Lipinski definition) is 3. The van der Waals surface area contributed by atoms with Crippen LogP contribution in [0.25, 0.3) is 10.9 Å². The molecule has 3 aromatic rings. The van der Waals surface area contributed by atoms with Crippen LogP contribution in [0.1, 0.15) is 17.2 Å². The third kappa shape index (κ3) is 1.84. The number of fused-ring (bicyclic) bond motifs is 2. The Bertz CT molecular complexity index is 873. The molecule has 1 atom stereocenters. The Morgan fingerprint density at radius 1 is 1.05 bits per heavy atom. The average molecular weight is 275 g/mol. The van der Waals surface area contributed by atoms with Crippen molar-refractivity contribution in [2.75, 3.05) is 11.1 Å². The Hall–Kier alpha value is -2.88. The number of benzene rings is 2. The van der Waals surface area contributed by atoms with E-state index in [9.17, 15) is 4.79 Å². The van der Waals surface area contributed by atoms with Crippen molar-refractivity contribution in [3.05, 3.63) is 65.9 Å². The van der Waals surface area contributed by atoms with Gasteiger partial charge in [-0.3, -0.25) is 9.78 Å². The summed E-state index contributed by atoms with van der Waals surface area (Å²) in [6, 6.07) is 17.2. The van der Waals surface area contributed by atoms with Crippen molar-refractivity contribution in [2.45, 2.75) is 5.92 Å². The van der Waals surface area contributed by atoms with Crippen LogP contribution in [-0.2, 0) is 4.79 Å². The standard InChI is InChI=1S/C17H13N3O/c18-11-6-8-14-12(9-11)16(17(21)20-14)15-7-5-10-3-1-2-4-13(10)19-15/h1-9,16H,18H2,(H,20,21). The van der Waals surface area contributed by atoms with Gasteiger partial charge < -0.3 is 11.1 Å². The summed E-state index contributed by atoms with van der Waals surface area (Å²) in [5, 5.41) is 3.95. The highest BCUT2D eigenvalue weighted by Gasteiger charge is 2.33. The van der Waals surface area contributed by atoms with Crippen LogP contribution in [0, 0.1) is 0 Å². The van der Waals surface area contributed by atoms with Gasteiger partial charge in [0.2, 0.25) is 5.91 Å². The van der Waals surface area contributed by atoms with Crippen molar-refractivity contribution in [1.82, 2.24) is 4.98 Å². The number of anilines is 2. The van der Waals surface area contributed by atoms with Crippen molar-refractivity contribution in [2.24, 2.45) is 0 Å². The fourth-order valence-corrected chi connectivity index (χ4v) is 2.82. The highest BCUT2D eigenvalue weighted by Crippen LogP contribution is 2.37. The summed E-state index contributed by atoms with van der Waals surface area (Å²) in [5.74, 6) is -0.452. The summed E-state index contributed by atoms with van der Waals surface area (Å²) < 4.78 is 0. The predicted octanol–water partition coefficient (Wildman–Crippen LogP) is 2.90. The Kier molecular flexibility index (Phi) is 2.44. The van der Waals surface area contributed by atoms with Crippen LogP contribution in [-0.4, -0.2) is 10.9 Å². The van der Waals surface area contributed by atoms with E-state index < -0.39 is 5.92 Å². The number of carbonyl (C=O) groups excluding carboxylic acids is 1. The fraction of sp³-hybridized carbons (Fsp3) is 0.0588. The second-order valence-electron chi connectivity index (χ2n) is 5.20. The summed E-state index contributed by atoms with van der Waals surface area (Å²) in [4.78, 5) is 16.9. The number of nitrogens with one attached hydrogen (secondary N) is 1.